The second kappa shape index (κ2) is 7.96. The molecule has 3 heterocycles. The highest BCUT2D eigenvalue weighted by Crippen LogP contribution is 2.37. The fraction of sp³-hybridized carbons (Fsp3) is 0.571. The average Bonchev–Trinajstić information content (AvgIpc) is 3.05. The molecule has 5 heteroatoms. The number of hydrogen-bond acceptors (Lipinski definition) is 4. The number of piperidine rings is 1. The summed E-state index contributed by atoms with van der Waals surface area (Å²) in [5, 5.41) is 16.6. The summed E-state index contributed by atoms with van der Waals surface area (Å²) in [5.74, 6) is 6.13. The first kappa shape index (κ1) is 19.2. The Morgan fingerprint density at radius 3 is 2.62 bits per heavy atom. The summed E-state index contributed by atoms with van der Waals surface area (Å²) in [4.78, 5) is 13.1. The maximum absolute atomic E-state index is 11.9. The molecule has 3 N–H and O–H groups in total. The fourth-order valence-electron chi connectivity index (χ4n) is 3.67. The van der Waals surface area contributed by atoms with Gasteiger partial charge in [-0.05, 0) is 77.2 Å². The maximum Gasteiger partial charge on any atom is 0.346 e. The van der Waals surface area contributed by atoms with Crippen molar-refractivity contribution in [1.82, 2.24) is 10.6 Å². The third-order valence-corrected chi connectivity index (χ3v) is 5.94. The van der Waals surface area contributed by atoms with Crippen molar-refractivity contribution in [2.24, 2.45) is 11.3 Å². The van der Waals surface area contributed by atoms with E-state index in [4.69, 9.17) is 0 Å². The van der Waals surface area contributed by atoms with Crippen LogP contribution in [0.25, 0.3) is 5.57 Å². The summed E-state index contributed by atoms with van der Waals surface area (Å²) in [5.41, 5.74) is 3.43. The van der Waals surface area contributed by atoms with Crippen LogP contribution in [0, 0.1) is 23.2 Å². The van der Waals surface area contributed by atoms with Gasteiger partial charge in [0.15, 0.2) is 0 Å². The van der Waals surface area contributed by atoms with Crippen LogP contribution in [0.5, 0.6) is 0 Å². The monoisotopic (exact) mass is 372 g/mol. The molecule has 4 nitrogen and oxygen atoms in total. The van der Waals surface area contributed by atoms with Gasteiger partial charge in [0.25, 0.3) is 0 Å². The molecule has 0 bridgehead atoms. The van der Waals surface area contributed by atoms with E-state index in [1.807, 2.05) is 6.07 Å². The van der Waals surface area contributed by atoms with Crippen LogP contribution in [-0.4, -0.2) is 37.3 Å². The van der Waals surface area contributed by atoms with Crippen LogP contribution >= 0.6 is 11.3 Å². The molecule has 0 spiro atoms. The summed E-state index contributed by atoms with van der Waals surface area (Å²) in [6.45, 7) is 10.0. The smallest absolute Gasteiger partial charge is 0.346 e. The van der Waals surface area contributed by atoms with Crippen molar-refractivity contribution in [2.75, 3.05) is 26.2 Å². The Bertz CT molecular complexity index is 768. The first-order valence-electron chi connectivity index (χ1n) is 9.39. The third-order valence-electron chi connectivity index (χ3n) is 4.90. The molecule has 1 aromatic heterocycles. The van der Waals surface area contributed by atoms with E-state index in [9.17, 15) is 9.90 Å². The molecule has 2 aliphatic rings. The SMILES string of the molecule is CC(C)(C)C#Cc1cc(C2=C(C3CCNCC3)CCNC2)c(C(=O)O)s1. The van der Waals surface area contributed by atoms with Crippen molar-refractivity contribution >= 4 is 22.9 Å². The highest BCUT2D eigenvalue weighted by atomic mass is 32.1. The Kier molecular flexibility index (Phi) is 5.86. The number of carboxylic acids is 1. The highest BCUT2D eigenvalue weighted by Gasteiger charge is 2.27. The van der Waals surface area contributed by atoms with Crippen molar-refractivity contribution in [3.63, 3.8) is 0 Å². The third kappa shape index (κ3) is 4.56. The van der Waals surface area contributed by atoms with Gasteiger partial charge in [0, 0.05) is 17.5 Å². The van der Waals surface area contributed by atoms with Crippen LogP contribution in [0.4, 0.5) is 0 Å². The van der Waals surface area contributed by atoms with Crippen molar-refractivity contribution in [3.8, 4) is 11.8 Å². The minimum absolute atomic E-state index is 0.0978. The summed E-state index contributed by atoms with van der Waals surface area (Å²) in [6.07, 6.45) is 3.29. The standard InChI is InChI=1S/C21H28N2O2S/c1-21(2,3)8-4-15-12-17(19(26-15)20(24)25)18-13-23-11-7-16(18)14-5-9-22-10-6-14/h12,14,22-23H,5-7,9-11,13H2,1-3H3,(H,24,25). The predicted molar refractivity (Wildman–Crippen MR) is 108 cm³/mol. The van der Waals surface area contributed by atoms with Gasteiger partial charge in [-0.15, -0.1) is 11.3 Å². The van der Waals surface area contributed by atoms with Gasteiger partial charge in [0.2, 0.25) is 0 Å². The number of thiophene rings is 1. The molecule has 140 valence electrons. The summed E-state index contributed by atoms with van der Waals surface area (Å²) in [7, 11) is 0. The van der Waals surface area contributed by atoms with Crippen LogP contribution in [0.1, 0.15) is 60.1 Å². The van der Waals surface area contributed by atoms with Crippen LogP contribution in [-0.2, 0) is 0 Å². The second-order valence-electron chi connectivity index (χ2n) is 8.11. The lowest BCUT2D eigenvalue weighted by Gasteiger charge is -2.31. The Morgan fingerprint density at radius 2 is 1.96 bits per heavy atom. The Hall–Kier alpha value is -1.61. The van der Waals surface area contributed by atoms with Crippen LogP contribution in [0.2, 0.25) is 0 Å². The van der Waals surface area contributed by atoms with E-state index in [-0.39, 0.29) is 5.41 Å². The minimum Gasteiger partial charge on any atom is -0.477 e. The lowest BCUT2D eigenvalue weighted by atomic mass is 9.81. The fourth-order valence-corrected chi connectivity index (χ4v) is 4.55. The van der Waals surface area contributed by atoms with Gasteiger partial charge in [-0.3, -0.25) is 0 Å². The maximum atomic E-state index is 11.9. The highest BCUT2D eigenvalue weighted by molar-refractivity contribution is 7.14. The average molecular weight is 373 g/mol. The van der Waals surface area contributed by atoms with E-state index in [0.717, 1.165) is 55.9 Å². The predicted octanol–water partition coefficient (Wildman–Crippen LogP) is 3.59. The van der Waals surface area contributed by atoms with Crippen molar-refractivity contribution < 1.29 is 9.90 Å². The molecule has 2 aliphatic heterocycles. The largest absolute Gasteiger partial charge is 0.477 e. The van der Waals surface area contributed by atoms with Crippen LogP contribution in [0.15, 0.2) is 11.6 Å². The molecule has 1 saturated heterocycles. The molecule has 0 atom stereocenters. The molecule has 26 heavy (non-hydrogen) atoms. The van der Waals surface area contributed by atoms with Gasteiger partial charge in [0.1, 0.15) is 4.88 Å². The number of carboxylic acid groups (broad SMARTS) is 1. The van der Waals surface area contributed by atoms with Gasteiger partial charge in [0.05, 0.1) is 4.88 Å². The van der Waals surface area contributed by atoms with E-state index in [1.54, 1.807) is 0 Å². The number of hydrogen-bond donors (Lipinski definition) is 3. The molecule has 1 aromatic rings. The normalized spacial score (nSPS) is 19.2. The number of aromatic carboxylic acids is 1. The van der Waals surface area contributed by atoms with Crippen LogP contribution in [0.3, 0.4) is 0 Å². The summed E-state index contributed by atoms with van der Waals surface area (Å²) in [6, 6.07) is 2.00. The van der Waals surface area contributed by atoms with E-state index < -0.39 is 5.97 Å². The first-order chi connectivity index (χ1) is 12.3. The molecule has 0 aliphatic carbocycles. The zero-order chi connectivity index (χ0) is 18.7. The lowest BCUT2D eigenvalue weighted by molar-refractivity contribution is 0.0702. The molecule has 0 unspecified atom stereocenters. The Morgan fingerprint density at radius 1 is 1.23 bits per heavy atom. The Labute approximate surface area is 160 Å². The first-order valence-corrected chi connectivity index (χ1v) is 10.2. The molecule has 0 radical (unpaired) electrons. The number of carbonyl (C=O) groups is 1. The molecule has 1 fully saturated rings. The zero-order valence-electron chi connectivity index (χ0n) is 15.9. The number of nitrogens with one attached hydrogen (secondary N) is 2. The molecular weight excluding hydrogens is 344 g/mol. The van der Waals surface area contributed by atoms with Crippen LogP contribution < -0.4 is 10.6 Å². The zero-order valence-corrected chi connectivity index (χ0v) is 16.7. The van der Waals surface area contributed by atoms with Crippen molar-refractivity contribution in [3.05, 3.63) is 27.0 Å². The van der Waals surface area contributed by atoms with E-state index in [2.05, 4.69) is 43.2 Å². The van der Waals surface area contributed by atoms with Crippen molar-refractivity contribution in [1.29, 1.82) is 0 Å². The summed E-state index contributed by atoms with van der Waals surface area (Å²) < 4.78 is 0. The molecule has 0 aromatic carbocycles. The van der Waals surface area contributed by atoms with Gasteiger partial charge >= 0.3 is 5.97 Å². The molecule has 0 saturated carbocycles. The van der Waals surface area contributed by atoms with Gasteiger partial charge in [-0.25, -0.2) is 4.79 Å². The molecule has 3 rings (SSSR count). The van der Waals surface area contributed by atoms with Gasteiger partial charge < -0.3 is 15.7 Å². The topological polar surface area (TPSA) is 61.4 Å². The van der Waals surface area contributed by atoms with Gasteiger partial charge in [-0.2, -0.15) is 0 Å². The van der Waals surface area contributed by atoms with E-state index >= 15 is 0 Å². The van der Waals surface area contributed by atoms with E-state index in [1.165, 1.54) is 22.5 Å². The quantitative estimate of drug-likeness (QED) is 0.710. The second-order valence-corrected chi connectivity index (χ2v) is 9.17. The Balaban J connectivity index is 2.04. The van der Waals surface area contributed by atoms with Crippen molar-refractivity contribution in [2.45, 2.75) is 40.0 Å². The molecular formula is C21H28N2O2S. The lowest BCUT2D eigenvalue weighted by Crippen LogP contribution is -2.33. The van der Waals surface area contributed by atoms with Gasteiger partial charge in [-0.1, -0.05) is 17.4 Å². The number of rotatable bonds is 3. The minimum atomic E-state index is -0.850. The summed E-state index contributed by atoms with van der Waals surface area (Å²) >= 11 is 1.30. The molecule has 0 amide bonds. The van der Waals surface area contributed by atoms with E-state index in [0.29, 0.717) is 10.8 Å².